The second-order valence-electron chi connectivity index (χ2n) is 10.3. The Balaban J connectivity index is 1.19. The third kappa shape index (κ3) is 5.20. The van der Waals surface area contributed by atoms with E-state index in [1.165, 1.54) is 34.8 Å². The van der Waals surface area contributed by atoms with Crippen LogP contribution in [-0.2, 0) is 36.7 Å². The monoisotopic (exact) mass is 656 g/mol. The van der Waals surface area contributed by atoms with Crippen molar-refractivity contribution in [3.63, 3.8) is 0 Å². The quantitative estimate of drug-likeness (QED) is 0.168. The highest BCUT2D eigenvalue weighted by atomic mass is 31.2. The Kier molecular flexibility index (Phi) is 7.09. The van der Waals surface area contributed by atoms with Crippen molar-refractivity contribution in [3.8, 4) is 0 Å². The average molecular weight is 656 g/mol. The average Bonchev–Trinajstić information content (AvgIpc) is 3.72. The van der Waals surface area contributed by atoms with Gasteiger partial charge >= 0.3 is 15.4 Å². The first-order valence-electron chi connectivity index (χ1n) is 13.1. The van der Waals surface area contributed by atoms with Gasteiger partial charge < -0.3 is 40.0 Å². The molecule has 0 amide bonds. The summed E-state index contributed by atoms with van der Waals surface area (Å²) < 4.78 is 63.6. The lowest BCUT2D eigenvalue weighted by molar-refractivity contribution is -0.0619. The fraction of sp³-hybridized carbons (Fsp3) is 0.524. The molecule has 44 heavy (non-hydrogen) atoms. The Labute approximate surface area is 245 Å². The maximum Gasteiger partial charge on any atom is 0.472 e. The highest BCUT2D eigenvalue weighted by molar-refractivity contribution is 7.53. The lowest BCUT2D eigenvalue weighted by Crippen LogP contribution is -2.36. The summed E-state index contributed by atoms with van der Waals surface area (Å²) in [6, 6.07) is 0. The van der Waals surface area contributed by atoms with E-state index in [0.29, 0.717) is 0 Å². The van der Waals surface area contributed by atoms with Gasteiger partial charge in [-0.3, -0.25) is 32.5 Å². The lowest BCUT2D eigenvalue weighted by Gasteiger charge is -2.26. The van der Waals surface area contributed by atoms with E-state index in [2.05, 4.69) is 29.9 Å². The lowest BCUT2D eigenvalue weighted by atomic mass is 10.1. The molecule has 3 saturated heterocycles. The molecule has 236 valence electrons. The molecule has 9 atom stereocenters. The molecule has 0 aromatic carbocycles. The van der Waals surface area contributed by atoms with E-state index in [1.807, 2.05) is 0 Å². The van der Waals surface area contributed by atoms with Crippen LogP contribution in [0.5, 0.6) is 0 Å². The number of ether oxygens (including phenoxy) is 2. The number of phosphoric ester groups is 1. The Hall–Kier alpha value is -3.36. The SMILES string of the molecule is CP1(=O)OC[C@H]2O[C@@H](n3cnc4c(N)ncnc43)C(O)C2OP(=O)(O)OC[C@@H]2CC(O1)[C@H](n1cnc3c(=O)[nH]c(N)nc31)O2. The fourth-order valence-electron chi connectivity index (χ4n) is 5.41. The Bertz CT molecular complexity index is 1900. The predicted octanol–water partition coefficient (Wildman–Crippen LogP) is -0.590. The fourth-order valence-corrected chi connectivity index (χ4v) is 7.55. The summed E-state index contributed by atoms with van der Waals surface area (Å²) >= 11 is 0. The molecule has 0 radical (unpaired) electrons. The van der Waals surface area contributed by atoms with Crippen molar-refractivity contribution in [2.45, 2.75) is 49.4 Å². The standard InChI is InChI=1S/C21H26N10O11P2/c1-43(34)37-4-10-14(13(32)20(40-10)30-6-26-11-15(22)24-5-25-16(11)30)42-44(35,36)38-3-8-2-9(41-43)19(39-8)31-7-27-12-17(31)28-21(23)29-18(12)33/h5-10,13-14,19-20,32H,2-4H2,1H3,(H,35,36)(H2,22,24,25)(H3,23,28,29,33)/t8-,9?,10+,13?,14?,19+,20+,43?/m0/s1. The van der Waals surface area contributed by atoms with Crippen molar-refractivity contribution < 1.29 is 46.7 Å². The van der Waals surface area contributed by atoms with Crippen LogP contribution in [0.15, 0.2) is 23.8 Å². The van der Waals surface area contributed by atoms with E-state index in [-0.39, 0.29) is 40.5 Å². The second kappa shape index (κ2) is 10.6. The van der Waals surface area contributed by atoms with Crippen molar-refractivity contribution in [2.24, 2.45) is 0 Å². The number of rotatable bonds is 2. The molecule has 23 heteroatoms. The molecule has 0 saturated carbocycles. The summed E-state index contributed by atoms with van der Waals surface area (Å²) in [6.07, 6.45) is -4.68. The molecule has 2 bridgehead atoms. The van der Waals surface area contributed by atoms with Gasteiger partial charge in [-0.25, -0.2) is 24.5 Å². The number of aliphatic hydroxyl groups is 1. The van der Waals surface area contributed by atoms with Gasteiger partial charge in [-0.1, -0.05) is 0 Å². The highest BCUT2D eigenvalue weighted by Crippen LogP contribution is 2.53. The Morgan fingerprint density at radius 2 is 1.70 bits per heavy atom. The molecule has 3 fully saturated rings. The minimum Gasteiger partial charge on any atom is -0.386 e. The number of hydrogen-bond acceptors (Lipinski definition) is 17. The van der Waals surface area contributed by atoms with Crippen molar-refractivity contribution in [1.29, 1.82) is 0 Å². The van der Waals surface area contributed by atoms with Crippen molar-refractivity contribution >= 4 is 49.5 Å². The predicted molar refractivity (Wildman–Crippen MR) is 146 cm³/mol. The van der Waals surface area contributed by atoms with Crippen LogP contribution in [0.1, 0.15) is 18.9 Å². The molecule has 0 spiro atoms. The Morgan fingerprint density at radius 1 is 0.955 bits per heavy atom. The number of aromatic nitrogens is 8. The first-order valence-corrected chi connectivity index (χ1v) is 16.6. The Morgan fingerprint density at radius 3 is 2.50 bits per heavy atom. The van der Waals surface area contributed by atoms with Crippen LogP contribution >= 0.6 is 15.4 Å². The van der Waals surface area contributed by atoms with Gasteiger partial charge in [0.1, 0.15) is 36.3 Å². The van der Waals surface area contributed by atoms with Crippen LogP contribution in [0.25, 0.3) is 22.3 Å². The van der Waals surface area contributed by atoms with E-state index in [1.54, 1.807) is 0 Å². The zero-order valence-corrected chi connectivity index (χ0v) is 24.4. The minimum atomic E-state index is -4.86. The number of aromatic amines is 1. The summed E-state index contributed by atoms with van der Waals surface area (Å²) in [5, 5.41) is 11.2. The molecule has 4 aromatic rings. The van der Waals surface area contributed by atoms with Gasteiger partial charge in [-0.05, 0) is 0 Å². The van der Waals surface area contributed by atoms with E-state index in [9.17, 15) is 23.9 Å². The molecule has 3 aliphatic rings. The normalized spacial score (nSPS) is 36.6. The third-order valence-electron chi connectivity index (χ3n) is 7.32. The van der Waals surface area contributed by atoms with E-state index >= 15 is 0 Å². The number of aliphatic hydroxyl groups excluding tert-OH is 1. The smallest absolute Gasteiger partial charge is 0.386 e. The number of nitrogen functional groups attached to an aromatic ring is 2. The summed E-state index contributed by atoms with van der Waals surface area (Å²) in [4.78, 5) is 45.6. The molecule has 7 rings (SSSR count). The number of anilines is 2. The molecule has 7 heterocycles. The van der Waals surface area contributed by atoms with Crippen molar-refractivity contribution in [3.05, 3.63) is 29.3 Å². The molecule has 3 aliphatic heterocycles. The molecule has 4 aromatic heterocycles. The van der Waals surface area contributed by atoms with Crippen molar-refractivity contribution in [2.75, 3.05) is 31.3 Å². The largest absolute Gasteiger partial charge is 0.472 e. The second-order valence-corrected chi connectivity index (χ2v) is 13.8. The number of nitrogens with zero attached hydrogens (tertiary/aromatic N) is 7. The van der Waals surface area contributed by atoms with Gasteiger partial charge in [0.05, 0.1) is 32.0 Å². The molecule has 5 unspecified atom stereocenters. The number of hydrogen-bond donors (Lipinski definition) is 5. The van der Waals surface area contributed by atoms with Gasteiger partial charge in [0, 0.05) is 13.1 Å². The molecule has 7 N–H and O–H groups in total. The molecule has 0 aliphatic carbocycles. The maximum absolute atomic E-state index is 13.6. The van der Waals surface area contributed by atoms with Gasteiger partial charge in [-0.2, -0.15) is 4.98 Å². The number of fused-ring (bicyclic) bond motifs is 5. The van der Waals surface area contributed by atoms with Crippen LogP contribution in [0.4, 0.5) is 11.8 Å². The van der Waals surface area contributed by atoms with Gasteiger partial charge in [0.2, 0.25) is 5.95 Å². The number of nitrogens with one attached hydrogen (secondary N) is 1. The summed E-state index contributed by atoms with van der Waals surface area (Å²) in [7, 11) is -8.78. The van der Waals surface area contributed by atoms with Crippen molar-refractivity contribution in [1.82, 2.24) is 39.0 Å². The first kappa shape index (κ1) is 29.4. The van der Waals surface area contributed by atoms with Gasteiger partial charge in [0.15, 0.2) is 35.1 Å². The molecular formula is C21H26N10O11P2. The molecular weight excluding hydrogens is 630 g/mol. The summed E-state index contributed by atoms with van der Waals surface area (Å²) in [6.45, 7) is 0.250. The van der Waals surface area contributed by atoms with Crippen LogP contribution in [-0.4, -0.2) is 99.4 Å². The third-order valence-corrected chi connectivity index (χ3v) is 9.58. The number of phosphoric acid groups is 1. The summed E-state index contributed by atoms with van der Waals surface area (Å²) in [5.41, 5.74) is 11.5. The topological polar surface area (TPSA) is 289 Å². The van der Waals surface area contributed by atoms with Gasteiger partial charge in [-0.15, -0.1) is 0 Å². The van der Waals surface area contributed by atoms with E-state index in [4.69, 9.17) is 39.0 Å². The maximum atomic E-state index is 13.6. The van der Waals surface area contributed by atoms with E-state index < -0.39 is 77.2 Å². The van der Waals surface area contributed by atoms with Gasteiger partial charge in [0.25, 0.3) is 5.56 Å². The van der Waals surface area contributed by atoms with Crippen LogP contribution in [0.2, 0.25) is 0 Å². The summed E-state index contributed by atoms with van der Waals surface area (Å²) in [5.74, 6) is -0.0820. The van der Waals surface area contributed by atoms with Crippen LogP contribution < -0.4 is 17.0 Å². The zero-order chi connectivity index (χ0) is 31.0. The highest BCUT2D eigenvalue weighted by Gasteiger charge is 2.51. The minimum absolute atomic E-state index is 0.0248. The zero-order valence-electron chi connectivity index (χ0n) is 22.6. The number of H-pyrrole nitrogens is 1. The molecule has 21 nitrogen and oxygen atoms in total. The number of nitrogens with two attached hydrogens (primary N) is 2. The first-order chi connectivity index (χ1) is 20.9. The van der Waals surface area contributed by atoms with E-state index in [0.717, 1.165) is 0 Å². The number of imidazole rings is 2. The van der Waals surface area contributed by atoms with Crippen LogP contribution in [0.3, 0.4) is 0 Å². The van der Waals surface area contributed by atoms with Crippen LogP contribution in [0, 0.1) is 0 Å².